The maximum atomic E-state index is 4.91. The predicted molar refractivity (Wildman–Crippen MR) is 127 cm³/mol. The van der Waals surface area contributed by atoms with Gasteiger partial charge in [0.2, 0.25) is 0 Å². The second kappa shape index (κ2) is 7.40. The lowest BCUT2D eigenvalue weighted by Gasteiger charge is -2.34. The van der Waals surface area contributed by atoms with Crippen molar-refractivity contribution in [1.29, 1.82) is 0 Å². The summed E-state index contributed by atoms with van der Waals surface area (Å²) >= 11 is 3.27. The summed E-state index contributed by atoms with van der Waals surface area (Å²) in [5.74, 6) is 0. The minimum Gasteiger partial charge on any atom is -0.359 e. The van der Waals surface area contributed by atoms with Gasteiger partial charge in [0.15, 0.2) is 14.8 Å². The highest BCUT2D eigenvalue weighted by Crippen LogP contribution is 2.39. The van der Waals surface area contributed by atoms with Crippen molar-refractivity contribution in [2.24, 2.45) is 0 Å². The van der Waals surface area contributed by atoms with Crippen molar-refractivity contribution in [2.75, 3.05) is 18.5 Å². The van der Waals surface area contributed by atoms with E-state index in [0.717, 1.165) is 66.9 Å². The molecule has 31 heavy (non-hydrogen) atoms. The predicted octanol–water partition coefficient (Wildman–Crippen LogP) is 4.26. The zero-order valence-corrected chi connectivity index (χ0v) is 18.8. The van der Waals surface area contributed by atoms with Gasteiger partial charge in [-0.1, -0.05) is 22.7 Å². The molecule has 1 aliphatic rings. The van der Waals surface area contributed by atoms with Crippen LogP contribution in [0.3, 0.4) is 0 Å². The number of nitrogens with one attached hydrogen (secondary N) is 3. The van der Waals surface area contributed by atoms with Crippen LogP contribution in [0.25, 0.3) is 42.4 Å². The van der Waals surface area contributed by atoms with Gasteiger partial charge in [0.05, 0.1) is 11.7 Å². The van der Waals surface area contributed by atoms with E-state index in [2.05, 4.69) is 45.4 Å². The Morgan fingerprint density at radius 2 is 2.06 bits per heavy atom. The van der Waals surface area contributed by atoms with Crippen molar-refractivity contribution >= 4 is 48.4 Å². The molecule has 0 aliphatic carbocycles. The largest absolute Gasteiger partial charge is 0.359 e. The minimum absolute atomic E-state index is 0.520. The topological polar surface area (TPSA) is 98.4 Å². The molecule has 10 heteroatoms. The van der Waals surface area contributed by atoms with Crippen LogP contribution < -0.4 is 10.2 Å². The van der Waals surface area contributed by atoms with Gasteiger partial charge in [-0.25, -0.2) is 9.97 Å². The third-order valence-electron chi connectivity index (χ3n) is 6.02. The lowest BCUT2D eigenvalue weighted by molar-refractivity contribution is 0.371. The van der Waals surface area contributed by atoms with Crippen molar-refractivity contribution in [3.05, 3.63) is 30.9 Å². The summed E-state index contributed by atoms with van der Waals surface area (Å²) in [4.78, 5) is 22.2. The first kappa shape index (κ1) is 18.9. The van der Waals surface area contributed by atoms with E-state index in [0.29, 0.717) is 12.1 Å². The maximum Gasteiger partial charge on any atom is 0.188 e. The minimum atomic E-state index is 0.520. The summed E-state index contributed by atoms with van der Waals surface area (Å²) in [5, 5.41) is 13.5. The van der Waals surface area contributed by atoms with Crippen molar-refractivity contribution in [2.45, 2.75) is 31.8 Å². The van der Waals surface area contributed by atoms with Crippen LogP contribution in [0.4, 0.5) is 5.13 Å². The van der Waals surface area contributed by atoms with Gasteiger partial charge in [-0.05, 0) is 32.4 Å². The van der Waals surface area contributed by atoms with E-state index in [4.69, 9.17) is 15.0 Å². The molecule has 0 saturated carbocycles. The zero-order valence-electron chi connectivity index (χ0n) is 17.2. The van der Waals surface area contributed by atoms with Crippen LogP contribution >= 0.6 is 22.7 Å². The van der Waals surface area contributed by atoms with Crippen molar-refractivity contribution in [3.8, 4) is 21.8 Å². The number of rotatable bonds is 4. The first-order valence-electron chi connectivity index (χ1n) is 10.4. The molecule has 2 atom stereocenters. The Kier molecular flexibility index (Phi) is 4.51. The number of H-pyrrole nitrogens is 2. The quantitative estimate of drug-likeness (QED) is 0.378. The molecule has 8 nitrogen and oxygen atoms in total. The molecule has 5 aromatic heterocycles. The number of aromatic amines is 2. The molecule has 0 aromatic carbocycles. The number of anilines is 1. The first-order valence-corrected chi connectivity index (χ1v) is 12.0. The SMILES string of the molecule is C[C@H]1CC(N(C)c2nc3sc(-c4ncc(-c5cn[nH]c5)c5cc[nH]c45)nc3s2)CCN1. The van der Waals surface area contributed by atoms with Crippen LogP contribution in [-0.4, -0.2) is 55.8 Å². The molecule has 0 radical (unpaired) electrons. The van der Waals surface area contributed by atoms with Gasteiger partial charge in [0.25, 0.3) is 0 Å². The van der Waals surface area contributed by atoms with Crippen LogP contribution in [0.1, 0.15) is 19.8 Å². The first-order chi connectivity index (χ1) is 15.2. The van der Waals surface area contributed by atoms with Crippen LogP contribution in [0.2, 0.25) is 0 Å². The average Bonchev–Trinajstić information content (AvgIpc) is 3.56. The van der Waals surface area contributed by atoms with Crippen molar-refractivity contribution in [3.63, 3.8) is 0 Å². The Balaban J connectivity index is 1.34. The lowest BCUT2D eigenvalue weighted by atomic mass is 10.00. The van der Waals surface area contributed by atoms with Gasteiger partial charge in [-0.2, -0.15) is 5.10 Å². The van der Waals surface area contributed by atoms with E-state index < -0.39 is 0 Å². The highest BCUT2D eigenvalue weighted by Gasteiger charge is 2.25. The van der Waals surface area contributed by atoms with Crippen LogP contribution in [0.15, 0.2) is 30.9 Å². The average molecular weight is 451 g/mol. The fraction of sp³-hybridized carbons (Fsp3) is 0.333. The standard InChI is InChI=1S/C21H22N8S2/c1-11-7-13(3-5-22-11)29(2)21-28-20-19(31-21)27-18(30-20)17-16-14(4-6-23-16)15(10-24-17)12-8-25-26-9-12/h4,6,8-11,13,22-23H,3,5,7H2,1-2H3,(H,25,26)/t11-,13?/m0/s1. The molecule has 6 heterocycles. The normalized spacial score (nSPS) is 19.4. The Bertz CT molecular complexity index is 1320. The summed E-state index contributed by atoms with van der Waals surface area (Å²) in [6, 6.07) is 3.14. The molecule has 5 aromatic rings. The highest BCUT2D eigenvalue weighted by molar-refractivity contribution is 7.29. The van der Waals surface area contributed by atoms with E-state index in [1.165, 1.54) is 0 Å². The van der Waals surface area contributed by atoms with Crippen LogP contribution in [0, 0.1) is 0 Å². The van der Waals surface area contributed by atoms with Gasteiger partial charge in [0, 0.05) is 54.2 Å². The fourth-order valence-electron chi connectivity index (χ4n) is 4.34. The van der Waals surface area contributed by atoms with Gasteiger partial charge in [0.1, 0.15) is 10.7 Å². The number of fused-ring (bicyclic) bond motifs is 2. The molecule has 1 aliphatic heterocycles. The molecule has 158 valence electrons. The van der Waals surface area contributed by atoms with Gasteiger partial charge in [-0.15, -0.1) is 0 Å². The second-order valence-electron chi connectivity index (χ2n) is 8.04. The van der Waals surface area contributed by atoms with Gasteiger partial charge in [-0.3, -0.25) is 10.1 Å². The molecular weight excluding hydrogens is 428 g/mol. The molecule has 1 saturated heterocycles. The number of hydrogen-bond acceptors (Lipinski definition) is 8. The Labute approximate surface area is 186 Å². The summed E-state index contributed by atoms with van der Waals surface area (Å²) in [6.45, 7) is 3.31. The second-order valence-corrected chi connectivity index (χ2v) is 9.98. The molecule has 3 N–H and O–H groups in total. The van der Waals surface area contributed by atoms with Crippen LogP contribution in [0.5, 0.6) is 0 Å². The lowest BCUT2D eigenvalue weighted by Crippen LogP contribution is -2.45. The number of aromatic nitrogens is 6. The number of nitrogens with zero attached hydrogens (tertiary/aromatic N) is 5. The molecule has 1 unspecified atom stereocenters. The number of piperidine rings is 1. The van der Waals surface area contributed by atoms with E-state index in [1.54, 1.807) is 22.7 Å². The van der Waals surface area contributed by atoms with Crippen molar-refractivity contribution < 1.29 is 0 Å². The van der Waals surface area contributed by atoms with Gasteiger partial charge < -0.3 is 15.2 Å². The van der Waals surface area contributed by atoms with E-state index >= 15 is 0 Å². The number of hydrogen-bond donors (Lipinski definition) is 3. The van der Waals surface area contributed by atoms with Crippen LogP contribution in [-0.2, 0) is 0 Å². The molecule has 6 rings (SSSR count). The van der Waals surface area contributed by atoms with E-state index in [1.807, 2.05) is 24.8 Å². The summed E-state index contributed by atoms with van der Waals surface area (Å²) < 4.78 is 0. The molecule has 1 fully saturated rings. The van der Waals surface area contributed by atoms with Gasteiger partial charge >= 0.3 is 0 Å². The third-order valence-corrected chi connectivity index (χ3v) is 8.14. The Morgan fingerprint density at radius 3 is 2.87 bits per heavy atom. The molecule has 0 amide bonds. The summed E-state index contributed by atoms with van der Waals surface area (Å²) in [7, 11) is 2.16. The molecule has 0 bridgehead atoms. The van der Waals surface area contributed by atoms with Crippen molar-refractivity contribution in [1.82, 2.24) is 35.5 Å². The maximum absolute atomic E-state index is 4.91. The highest BCUT2D eigenvalue weighted by atomic mass is 32.1. The summed E-state index contributed by atoms with van der Waals surface area (Å²) in [6.07, 6.45) is 9.82. The molecule has 0 spiro atoms. The Morgan fingerprint density at radius 1 is 1.16 bits per heavy atom. The number of pyridine rings is 1. The van der Waals surface area contributed by atoms with E-state index in [9.17, 15) is 0 Å². The van der Waals surface area contributed by atoms with E-state index in [-0.39, 0.29) is 0 Å². The third kappa shape index (κ3) is 3.22. The molecular formula is C21H22N8S2. The summed E-state index contributed by atoms with van der Waals surface area (Å²) in [5.41, 5.74) is 3.92. The number of thiazole rings is 2. The fourth-order valence-corrected chi connectivity index (χ4v) is 6.42. The monoisotopic (exact) mass is 450 g/mol. The zero-order chi connectivity index (χ0) is 20.9. The smallest absolute Gasteiger partial charge is 0.188 e. The Hall–Kier alpha value is -2.82.